The minimum atomic E-state index is -0.492. The molecule has 0 aromatic heterocycles. The van der Waals surface area contributed by atoms with Gasteiger partial charge in [0.25, 0.3) is 0 Å². The largest absolute Gasteiger partial charge is 0.504 e. The number of ether oxygens (including phenoxy) is 2. The van der Waals surface area contributed by atoms with Gasteiger partial charge in [0.05, 0.1) is 11.1 Å². The molecule has 0 radical (unpaired) electrons. The van der Waals surface area contributed by atoms with E-state index in [0.29, 0.717) is 12.2 Å². The van der Waals surface area contributed by atoms with Crippen molar-refractivity contribution in [3.05, 3.63) is 77.9 Å². The van der Waals surface area contributed by atoms with Crippen molar-refractivity contribution in [2.24, 2.45) is 0 Å². The summed E-state index contributed by atoms with van der Waals surface area (Å²) in [5.41, 5.74) is 2.63. The average molecular weight is 428 g/mol. The third-order valence-corrected chi connectivity index (χ3v) is 6.89. The normalized spacial score (nSPS) is 25.4. The Balaban J connectivity index is 1.24. The van der Waals surface area contributed by atoms with Crippen LogP contribution in [0.5, 0.6) is 11.5 Å². The van der Waals surface area contributed by atoms with Gasteiger partial charge < -0.3 is 19.9 Å². The maximum Gasteiger partial charge on any atom is 0.412 e. The van der Waals surface area contributed by atoms with Gasteiger partial charge >= 0.3 is 6.09 Å². The highest BCUT2D eigenvalue weighted by Crippen LogP contribution is 2.55. The number of nitrogens with one attached hydrogen (secondary N) is 2. The van der Waals surface area contributed by atoms with E-state index in [2.05, 4.69) is 16.7 Å². The predicted octanol–water partition coefficient (Wildman–Crippen LogP) is 4.61. The van der Waals surface area contributed by atoms with Crippen LogP contribution in [0.3, 0.4) is 0 Å². The molecule has 0 saturated carbocycles. The summed E-state index contributed by atoms with van der Waals surface area (Å²) in [5.74, 6) is 0.737. The molecule has 1 spiro atoms. The molecule has 3 aromatic carbocycles. The van der Waals surface area contributed by atoms with Crippen LogP contribution < -0.4 is 15.4 Å². The second-order valence-electron chi connectivity index (χ2n) is 8.71. The first-order valence-corrected chi connectivity index (χ1v) is 11.0. The first-order chi connectivity index (χ1) is 15.6. The Labute approximate surface area is 185 Å². The number of amides is 1. The van der Waals surface area contributed by atoms with Gasteiger partial charge in [-0.3, -0.25) is 5.32 Å². The lowest BCUT2D eigenvalue weighted by Gasteiger charge is -2.36. The molecule has 3 aromatic rings. The highest BCUT2D eigenvalue weighted by molar-refractivity contribution is 6.00. The number of carbonyl (C=O) groups is 1. The van der Waals surface area contributed by atoms with Gasteiger partial charge in [0.15, 0.2) is 11.5 Å². The minimum absolute atomic E-state index is 0.166. The molecule has 1 amide bonds. The zero-order valence-corrected chi connectivity index (χ0v) is 17.5. The fourth-order valence-corrected chi connectivity index (χ4v) is 5.40. The lowest BCUT2D eigenvalue weighted by atomic mass is 9.69. The van der Waals surface area contributed by atoms with Crippen molar-refractivity contribution in [2.75, 3.05) is 11.9 Å². The molecule has 32 heavy (non-hydrogen) atoms. The summed E-state index contributed by atoms with van der Waals surface area (Å²) >= 11 is 0. The summed E-state index contributed by atoms with van der Waals surface area (Å²) in [6.07, 6.45) is 4.41. The molecule has 3 aliphatic rings. The van der Waals surface area contributed by atoms with E-state index in [9.17, 15) is 9.90 Å². The standard InChI is InChI=1S/C26H24N2O4/c29-21-9-8-17-15-27-13-12-26-11-10-18(14-22(26)32-24(21)23(17)26)31-25(30)28-20-7-3-5-16-4-1-2-6-19(16)20/h1-11,18,22,27,29H,12-15H2,(H,28,30)/t18-,22-,26-/m0/s1. The van der Waals surface area contributed by atoms with Crippen molar-refractivity contribution in [1.82, 2.24) is 5.32 Å². The van der Waals surface area contributed by atoms with Crippen LogP contribution in [0.1, 0.15) is 24.0 Å². The zero-order chi connectivity index (χ0) is 21.7. The second-order valence-corrected chi connectivity index (χ2v) is 8.71. The molecule has 2 aliphatic heterocycles. The van der Waals surface area contributed by atoms with E-state index in [-0.39, 0.29) is 17.3 Å². The minimum Gasteiger partial charge on any atom is -0.504 e. The molecule has 0 fully saturated rings. The number of phenols is 1. The molecule has 3 N–H and O–H groups in total. The second kappa shape index (κ2) is 7.28. The Morgan fingerprint density at radius 3 is 2.97 bits per heavy atom. The van der Waals surface area contributed by atoms with Gasteiger partial charge in [-0.05, 0) is 42.1 Å². The molecular formula is C26H24N2O4. The van der Waals surface area contributed by atoms with Crippen molar-refractivity contribution < 1.29 is 19.4 Å². The summed E-state index contributed by atoms with van der Waals surface area (Å²) in [4.78, 5) is 12.7. The van der Waals surface area contributed by atoms with Crippen LogP contribution in [0.4, 0.5) is 10.5 Å². The number of rotatable bonds is 2. The third kappa shape index (κ3) is 2.94. The average Bonchev–Trinajstić information content (AvgIpc) is 3.02. The fraction of sp³-hybridized carbons (Fsp3) is 0.269. The van der Waals surface area contributed by atoms with Crippen LogP contribution in [-0.2, 0) is 16.7 Å². The number of aromatic hydroxyl groups is 1. The van der Waals surface area contributed by atoms with Gasteiger partial charge in [-0.25, -0.2) is 4.79 Å². The van der Waals surface area contributed by atoms with Crippen molar-refractivity contribution in [2.45, 2.75) is 37.0 Å². The van der Waals surface area contributed by atoms with E-state index in [4.69, 9.17) is 9.47 Å². The molecule has 1 aliphatic carbocycles. The summed E-state index contributed by atoms with van der Waals surface area (Å²) in [7, 11) is 0. The molecule has 0 unspecified atom stereocenters. The Kier molecular flexibility index (Phi) is 4.36. The maximum absolute atomic E-state index is 12.7. The van der Waals surface area contributed by atoms with E-state index in [0.717, 1.165) is 47.1 Å². The Morgan fingerprint density at radius 1 is 1.16 bits per heavy atom. The van der Waals surface area contributed by atoms with Crippen molar-refractivity contribution in [1.29, 1.82) is 0 Å². The topological polar surface area (TPSA) is 79.8 Å². The molecule has 2 heterocycles. The van der Waals surface area contributed by atoms with Crippen LogP contribution in [-0.4, -0.2) is 30.0 Å². The molecule has 0 saturated heterocycles. The van der Waals surface area contributed by atoms with Crippen molar-refractivity contribution in [3.8, 4) is 11.5 Å². The zero-order valence-electron chi connectivity index (χ0n) is 17.5. The Morgan fingerprint density at radius 2 is 2.03 bits per heavy atom. The first-order valence-electron chi connectivity index (χ1n) is 11.0. The monoisotopic (exact) mass is 428 g/mol. The maximum atomic E-state index is 12.7. The summed E-state index contributed by atoms with van der Waals surface area (Å²) in [5, 5.41) is 18.8. The molecule has 6 rings (SSSR count). The highest BCUT2D eigenvalue weighted by Gasteiger charge is 2.52. The summed E-state index contributed by atoms with van der Waals surface area (Å²) < 4.78 is 12.0. The van der Waals surface area contributed by atoms with Crippen LogP contribution >= 0.6 is 0 Å². The molecule has 6 nitrogen and oxygen atoms in total. The van der Waals surface area contributed by atoms with E-state index < -0.39 is 12.2 Å². The van der Waals surface area contributed by atoms with E-state index in [1.165, 1.54) is 0 Å². The molecule has 6 heteroatoms. The van der Waals surface area contributed by atoms with Crippen LogP contribution in [0.15, 0.2) is 66.7 Å². The van der Waals surface area contributed by atoms with Crippen molar-refractivity contribution in [3.63, 3.8) is 0 Å². The number of hydrogen-bond donors (Lipinski definition) is 3. The molecule has 0 bridgehead atoms. The summed E-state index contributed by atoms with van der Waals surface area (Å²) in [6, 6.07) is 17.4. The lowest BCUT2D eigenvalue weighted by molar-refractivity contribution is 0.0687. The van der Waals surface area contributed by atoms with E-state index >= 15 is 0 Å². The Hall–Kier alpha value is -3.51. The molecule has 162 valence electrons. The van der Waals surface area contributed by atoms with Crippen molar-refractivity contribution >= 4 is 22.6 Å². The van der Waals surface area contributed by atoms with Crippen LogP contribution in [0.2, 0.25) is 0 Å². The number of carbonyl (C=O) groups excluding carboxylic acids is 1. The number of phenolic OH excluding ortho intramolecular Hbond substituents is 1. The number of anilines is 1. The highest BCUT2D eigenvalue weighted by atomic mass is 16.6. The van der Waals surface area contributed by atoms with Gasteiger partial charge in [0.1, 0.15) is 12.2 Å². The first kappa shape index (κ1) is 19.2. The number of hydrogen-bond acceptors (Lipinski definition) is 5. The smallest absolute Gasteiger partial charge is 0.412 e. The van der Waals surface area contributed by atoms with Gasteiger partial charge in [-0.15, -0.1) is 0 Å². The van der Waals surface area contributed by atoms with Gasteiger partial charge in [0, 0.05) is 23.9 Å². The third-order valence-electron chi connectivity index (χ3n) is 6.89. The summed E-state index contributed by atoms with van der Waals surface area (Å²) in [6.45, 7) is 1.60. The quantitative estimate of drug-likeness (QED) is 0.519. The van der Waals surface area contributed by atoms with E-state index in [1.54, 1.807) is 6.07 Å². The fourth-order valence-electron chi connectivity index (χ4n) is 5.40. The Bertz CT molecular complexity index is 1250. The van der Waals surface area contributed by atoms with Gasteiger partial charge in [-0.1, -0.05) is 48.5 Å². The van der Waals surface area contributed by atoms with E-state index in [1.807, 2.05) is 54.6 Å². The SMILES string of the molecule is O=C(Nc1cccc2ccccc12)O[C@H]1C=C[C@@]23CCNCc4ccc(O)c(c42)O[C@H]3C1. The van der Waals surface area contributed by atoms with Gasteiger partial charge in [0.2, 0.25) is 0 Å². The van der Waals surface area contributed by atoms with Gasteiger partial charge in [-0.2, -0.15) is 0 Å². The predicted molar refractivity (Wildman–Crippen MR) is 122 cm³/mol. The van der Waals surface area contributed by atoms with Crippen LogP contribution in [0, 0.1) is 0 Å². The van der Waals surface area contributed by atoms with Crippen LogP contribution in [0.25, 0.3) is 10.8 Å². The lowest BCUT2D eigenvalue weighted by Crippen LogP contribution is -2.44. The number of benzene rings is 3. The number of fused-ring (bicyclic) bond motifs is 1. The molecular weight excluding hydrogens is 404 g/mol. The molecule has 3 atom stereocenters.